The fourth-order valence-corrected chi connectivity index (χ4v) is 2.56. The third-order valence-corrected chi connectivity index (χ3v) is 3.54. The monoisotopic (exact) mass is 287 g/mol. The van der Waals surface area contributed by atoms with E-state index in [1.165, 1.54) is 0 Å². The Morgan fingerprint density at radius 1 is 1.30 bits per heavy atom. The van der Waals surface area contributed by atoms with Crippen molar-refractivity contribution in [1.29, 1.82) is 0 Å². The van der Waals surface area contributed by atoms with Crippen molar-refractivity contribution in [3.63, 3.8) is 0 Å². The van der Waals surface area contributed by atoms with Gasteiger partial charge in [0.1, 0.15) is 0 Å². The summed E-state index contributed by atoms with van der Waals surface area (Å²) in [6.07, 6.45) is -4.81. The van der Waals surface area contributed by atoms with Gasteiger partial charge in [-0.25, -0.2) is 0 Å². The predicted molar refractivity (Wildman–Crippen MR) is 71.4 cm³/mol. The second-order valence-electron chi connectivity index (χ2n) is 5.16. The van der Waals surface area contributed by atoms with Gasteiger partial charge in [0.15, 0.2) is 0 Å². The lowest BCUT2D eigenvalue weighted by Crippen LogP contribution is -2.45. The highest BCUT2D eigenvalue weighted by Crippen LogP contribution is 2.30. The Kier molecular flexibility index (Phi) is 4.99. The lowest BCUT2D eigenvalue weighted by Gasteiger charge is -2.35. The number of pyridine rings is 1. The predicted octanol–water partition coefficient (Wildman–Crippen LogP) is 2.68. The maximum Gasteiger partial charge on any atom is 0.389 e. The molecule has 0 spiro atoms. The molecule has 1 N–H and O–H groups in total. The molecule has 1 fully saturated rings. The third-order valence-electron chi connectivity index (χ3n) is 3.54. The van der Waals surface area contributed by atoms with E-state index in [0.29, 0.717) is 0 Å². The second-order valence-corrected chi connectivity index (χ2v) is 5.16. The standard InChI is InChI=1S/C14H20F3N3/c1-11-3-2-4-12(19-11)13(5-6-14(15,16)17)20-9-7-18-8-10-20/h2-4,13,18H,5-10H2,1H3/t13-/m1/s1. The number of rotatable bonds is 4. The first-order valence-electron chi connectivity index (χ1n) is 6.91. The molecular formula is C14H20F3N3. The zero-order valence-corrected chi connectivity index (χ0v) is 11.6. The highest BCUT2D eigenvalue weighted by atomic mass is 19.4. The fraction of sp³-hybridized carbons (Fsp3) is 0.643. The Balaban J connectivity index is 2.14. The molecule has 1 aromatic rings. The summed E-state index contributed by atoms with van der Waals surface area (Å²) in [7, 11) is 0. The number of alkyl halides is 3. The van der Waals surface area contributed by atoms with Crippen LogP contribution in [0.15, 0.2) is 18.2 Å². The zero-order chi connectivity index (χ0) is 14.6. The molecule has 1 atom stereocenters. The second kappa shape index (κ2) is 6.54. The van der Waals surface area contributed by atoms with E-state index >= 15 is 0 Å². The van der Waals surface area contributed by atoms with Crippen molar-refractivity contribution >= 4 is 0 Å². The van der Waals surface area contributed by atoms with Gasteiger partial charge >= 0.3 is 6.18 Å². The maximum atomic E-state index is 12.5. The minimum atomic E-state index is -4.11. The molecule has 3 nitrogen and oxygen atoms in total. The van der Waals surface area contributed by atoms with Crippen LogP contribution in [0.4, 0.5) is 13.2 Å². The summed E-state index contributed by atoms with van der Waals surface area (Å²) in [5.74, 6) is 0. The minimum Gasteiger partial charge on any atom is -0.314 e. The Hall–Kier alpha value is -1.14. The summed E-state index contributed by atoms with van der Waals surface area (Å²) in [5, 5.41) is 3.22. The molecule has 0 bridgehead atoms. The Bertz CT molecular complexity index is 428. The summed E-state index contributed by atoms with van der Waals surface area (Å²) in [6.45, 7) is 5.01. The van der Waals surface area contributed by atoms with Crippen LogP contribution >= 0.6 is 0 Å². The quantitative estimate of drug-likeness (QED) is 0.923. The van der Waals surface area contributed by atoms with E-state index in [-0.39, 0.29) is 12.5 Å². The number of nitrogens with zero attached hydrogens (tertiary/aromatic N) is 2. The lowest BCUT2D eigenvalue weighted by molar-refractivity contribution is -0.138. The average molecular weight is 287 g/mol. The number of aryl methyl sites for hydroxylation is 1. The summed E-state index contributed by atoms with van der Waals surface area (Å²) < 4.78 is 37.6. The van der Waals surface area contributed by atoms with Crippen LogP contribution < -0.4 is 5.32 Å². The summed E-state index contributed by atoms with van der Waals surface area (Å²) in [6, 6.07) is 5.30. The van der Waals surface area contributed by atoms with Crippen LogP contribution in [0.1, 0.15) is 30.3 Å². The van der Waals surface area contributed by atoms with Gasteiger partial charge in [-0.2, -0.15) is 13.2 Å². The van der Waals surface area contributed by atoms with Gasteiger partial charge in [-0.3, -0.25) is 9.88 Å². The maximum absolute atomic E-state index is 12.5. The van der Waals surface area contributed by atoms with Crippen molar-refractivity contribution in [2.75, 3.05) is 26.2 Å². The summed E-state index contributed by atoms with van der Waals surface area (Å²) in [4.78, 5) is 6.52. The van der Waals surface area contributed by atoms with Crippen molar-refractivity contribution < 1.29 is 13.2 Å². The van der Waals surface area contributed by atoms with E-state index in [2.05, 4.69) is 15.2 Å². The molecule has 0 aliphatic carbocycles. The molecule has 20 heavy (non-hydrogen) atoms. The first kappa shape index (κ1) is 15.3. The van der Waals surface area contributed by atoms with Crippen molar-refractivity contribution in [2.24, 2.45) is 0 Å². The minimum absolute atomic E-state index is 0.0694. The fourth-order valence-electron chi connectivity index (χ4n) is 2.56. The molecule has 6 heteroatoms. The first-order chi connectivity index (χ1) is 9.46. The molecule has 1 aliphatic rings. The topological polar surface area (TPSA) is 28.2 Å². The molecule has 0 aromatic carbocycles. The Morgan fingerprint density at radius 2 is 2.00 bits per heavy atom. The van der Waals surface area contributed by atoms with Crippen molar-refractivity contribution in [1.82, 2.24) is 15.2 Å². The molecule has 0 saturated carbocycles. The number of hydrogen-bond donors (Lipinski definition) is 1. The van der Waals surface area contributed by atoms with Crippen molar-refractivity contribution in [3.8, 4) is 0 Å². The third kappa shape index (κ3) is 4.45. The van der Waals surface area contributed by atoms with Crippen LogP contribution in [-0.4, -0.2) is 42.2 Å². The largest absolute Gasteiger partial charge is 0.389 e. The van der Waals surface area contributed by atoms with Crippen molar-refractivity contribution in [2.45, 2.75) is 32.0 Å². The van der Waals surface area contributed by atoms with Gasteiger partial charge in [-0.1, -0.05) is 6.07 Å². The van der Waals surface area contributed by atoms with Crippen LogP contribution in [0, 0.1) is 6.92 Å². The molecule has 2 heterocycles. The van der Waals surface area contributed by atoms with Crippen LogP contribution in [-0.2, 0) is 0 Å². The normalized spacial score (nSPS) is 19.0. The van der Waals surface area contributed by atoms with Gasteiger partial charge in [0.25, 0.3) is 0 Å². The van der Waals surface area contributed by atoms with Crippen LogP contribution in [0.25, 0.3) is 0 Å². The van der Waals surface area contributed by atoms with Gasteiger partial charge < -0.3 is 5.32 Å². The van der Waals surface area contributed by atoms with Gasteiger partial charge in [-0.15, -0.1) is 0 Å². The molecule has 1 saturated heterocycles. The molecule has 1 aromatic heterocycles. The van der Waals surface area contributed by atoms with Gasteiger partial charge in [0, 0.05) is 38.3 Å². The lowest BCUT2D eigenvalue weighted by atomic mass is 10.0. The number of aromatic nitrogens is 1. The Morgan fingerprint density at radius 3 is 2.60 bits per heavy atom. The van der Waals surface area contributed by atoms with Crippen molar-refractivity contribution in [3.05, 3.63) is 29.6 Å². The van der Waals surface area contributed by atoms with E-state index < -0.39 is 12.6 Å². The van der Waals surface area contributed by atoms with E-state index in [9.17, 15) is 13.2 Å². The average Bonchev–Trinajstić information content (AvgIpc) is 2.39. The first-order valence-corrected chi connectivity index (χ1v) is 6.91. The summed E-state index contributed by atoms with van der Waals surface area (Å²) in [5.41, 5.74) is 1.59. The van der Waals surface area contributed by atoms with E-state index in [4.69, 9.17) is 0 Å². The Labute approximate surface area is 117 Å². The van der Waals surface area contributed by atoms with Gasteiger partial charge in [0.05, 0.1) is 11.7 Å². The zero-order valence-electron chi connectivity index (χ0n) is 11.6. The highest BCUT2D eigenvalue weighted by Gasteiger charge is 2.31. The molecule has 0 radical (unpaired) electrons. The molecule has 2 rings (SSSR count). The van der Waals surface area contributed by atoms with Crippen LogP contribution in [0.2, 0.25) is 0 Å². The van der Waals surface area contributed by atoms with Gasteiger partial charge in [0.2, 0.25) is 0 Å². The number of nitrogens with one attached hydrogen (secondary N) is 1. The number of piperazine rings is 1. The van der Waals surface area contributed by atoms with E-state index in [1.54, 1.807) is 0 Å². The SMILES string of the molecule is Cc1cccc([C@@H](CCC(F)(F)F)N2CCNCC2)n1. The van der Waals surface area contributed by atoms with E-state index in [0.717, 1.165) is 37.6 Å². The van der Waals surface area contributed by atoms with Crippen LogP contribution in [0.5, 0.6) is 0 Å². The molecule has 0 amide bonds. The molecule has 1 aliphatic heterocycles. The smallest absolute Gasteiger partial charge is 0.314 e. The molecule has 0 unspecified atom stereocenters. The number of hydrogen-bond acceptors (Lipinski definition) is 3. The van der Waals surface area contributed by atoms with Gasteiger partial charge in [-0.05, 0) is 25.5 Å². The molecular weight excluding hydrogens is 267 g/mol. The molecule has 112 valence electrons. The van der Waals surface area contributed by atoms with E-state index in [1.807, 2.05) is 25.1 Å². The highest BCUT2D eigenvalue weighted by molar-refractivity contribution is 5.14. The number of halogens is 3. The summed E-state index contributed by atoms with van der Waals surface area (Å²) >= 11 is 0. The van der Waals surface area contributed by atoms with Crippen LogP contribution in [0.3, 0.4) is 0 Å².